The molecule has 74 valence electrons. The lowest BCUT2D eigenvalue weighted by Gasteiger charge is -2.40. The molecule has 0 spiro atoms. The summed E-state index contributed by atoms with van der Waals surface area (Å²) in [5.41, 5.74) is 0. The van der Waals surface area contributed by atoms with E-state index in [1.54, 1.807) is 0 Å². The predicted molar refractivity (Wildman–Crippen MR) is 51.4 cm³/mol. The summed E-state index contributed by atoms with van der Waals surface area (Å²) in [6, 6.07) is 0.638. The van der Waals surface area contributed by atoms with Gasteiger partial charge in [-0.25, -0.2) is 0 Å². The zero-order valence-corrected chi connectivity index (χ0v) is 8.42. The highest BCUT2D eigenvalue weighted by Gasteiger charge is 2.40. The number of nitrogens with zero attached hydrogens (tertiary/aromatic N) is 1. The molecule has 1 N–H and O–H groups in total. The van der Waals surface area contributed by atoms with Crippen LogP contribution < -0.4 is 5.32 Å². The maximum absolute atomic E-state index is 11.8. The lowest BCUT2D eigenvalue weighted by molar-refractivity contribution is -0.134. The first-order chi connectivity index (χ1) is 6.24. The van der Waals surface area contributed by atoms with Gasteiger partial charge in [0, 0.05) is 12.6 Å². The topological polar surface area (TPSA) is 32.3 Å². The van der Waals surface area contributed by atoms with E-state index in [1.165, 1.54) is 12.8 Å². The van der Waals surface area contributed by atoms with E-state index < -0.39 is 0 Å². The number of likely N-dealkylation sites (tertiary alicyclic amines) is 1. The fourth-order valence-electron chi connectivity index (χ4n) is 2.41. The minimum absolute atomic E-state index is 0.0906. The second-order valence-electron chi connectivity index (χ2n) is 4.28. The number of nitrogens with one attached hydrogen (secondary N) is 1. The van der Waals surface area contributed by atoms with Crippen molar-refractivity contribution >= 4 is 5.91 Å². The number of likely N-dealkylation sites (N-methyl/N-ethyl adjacent to an activating group) is 1. The Hall–Kier alpha value is -0.570. The summed E-state index contributed by atoms with van der Waals surface area (Å²) in [6.07, 6.45) is 3.49. The number of hydrogen-bond acceptors (Lipinski definition) is 2. The summed E-state index contributed by atoms with van der Waals surface area (Å²) < 4.78 is 0. The molecule has 1 aliphatic carbocycles. The largest absolute Gasteiger partial charge is 0.338 e. The molecule has 3 nitrogen and oxygen atoms in total. The van der Waals surface area contributed by atoms with Gasteiger partial charge >= 0.3 is 0 Å². The van der Waals surface area contributed by atoms with Gasteiger partial charge in [-0.3, -0.25) is 4.79 Å². The minimum atomic E-state index is 0.0906. The number of carbonyl (C=O) groups is 1. The minimum Gasteiger partial charge on any atom is -0.338 e. The fourth-order valence-corrected chi connectivity index (χ4v) is 2.41. The molecule has 2 rings (SSSR count). The van der Waals surface area contributed by atoms with Crippen LogP contribution in [0, 0.1) is 5.92 Å². The van der Waals surface area contributed by atoms with Crippen LogP contribution in [0.25, 0.3) is 0 Å². The standard InChI is InChI=1S/C10H18N2O/c1-7-3-4-9(7)12-6-5-8(11-2)10(12)13/h7-9,11H,3-6H2,1-2H3. The SMILES string of the molecule is CNC1CCN(C2CCC2C)C1=O. The molecular formula is C10H18N2O. The summed E-state index contributed by atoms with van der Waals surface area (Å²) in [7, 11) is 1.87. The van der Waals surface area contributed by atoms with E-state index in [2.05, 4.69) is 17.1 Å². The Balaban J connectivity index is 1.98. The Morgan fingerprint density at radius 2 is 2.15 bits per heavy atom. The van der Waals surface area contributed by atoms with E-state index >= 15 is 0 Å². The molecule has 2 fully saturated rings. The van der Waals surface area contributed by atoms with E-state index in [9.17, 15) is 4.79 Å². The zero-order chi connectivity index (χ0) is 9.42. The molecule has 3 unspecified atom stereocenters. The molecule has 0 aromatic rings. The average Bonchev–Trinajstić information content (AvgIpc) is 2.46. The van der Waals surface area contributed by atoms with Crippen molar-refractivity contribution in [3.63, 3.8) is 0 Å². The van der Waals surface area contributed by atoms with Gasteiger partial charge in [-0.2, -0.15) is 0 Å². The molecule has 1 saturated heterocycles. The maximum atomic E-state index is 11.8. The zero-order valence-electron chi connectivity index (χ0n) is 8.42. The van der Waals surface area contributed by atoms with Gasteiger partial charge in [0.15, 0.2) is 0 Å². The first-order valence-corrected chi connectivity index (χ1v) is 5.21. The second kappa shape index (κ2) is 3.29. The van der Waals surface area contributed by atoms with Crippen LogP contribution in [-0.4, -0.2) is 36.5 Å². The summed E-state index contributed by atoms with van der Waals surface area (Å²) >= 11 is 0. The monoisotopic (exact) mass is 182 g/mol. The highest BCUT2D eigenvalue weighted by molar-refractivity contribution is 5.84. The molecule has 1 aliphatic heterocycles. The molecule has 0 bridgehead atoms. The Labute approximate surface area is 79.5 Å². The van der Waals surface area contributed by atoms with Gasteiger partial charge in [-0.15, -0.1) is 0 Å². The highest BCUT2D eigenvalue weighted by Crippen LogP contribution is 2.33. The van der Waals surface area contributed by atoms with Crippen LogP contribution in [0.5, 0.6) is 0 Å². The van der Waals surface area contributed by atoms with Crippen LogP contribution in [0.15, 0.2) is 0 Å². The molecule has 0 aromatic heterocycles. The normalized spacial score (nSPS) is 39.4. The highest BCUT2D eigenvalue weighted by atomic mass is 16.2. The lowest BCUT2D eigenvalue weighted by atomic mass is 9.80. The second-order valence-corrected chi connectivity index (χ2v) is 4.28. The third-order valence-corrected chi connectivity index (χ3v) is 3.56. The smallest absolute Gasteiger partial charge is 0.240 e. The quantitative estimate of drug-likeness (QED) is 0.678. The van der Waals surface area contributed by atoms with Gasteiger partial charge in [0.2, 0.25) is 5.91 Å². The van der Waals surface area contributed by atoms with Crippen molar-refractivity contribution in [2.45, 2.75) is 38.3 Å². The van der Waals surface area contributed by atoms with Crippen molar-refractivity contribution in [1.82, 2.24) is 10.2 Å². The molecule has 0 aromatic carbocycles. The summed E-state index contributed by atoms with van der Waals surface area (Å²) in [5, 5.41) is 3.07. The van der Waals surface area contributed by atoms with E-state index in [0.29, 0.717) is 11.9 Å². The van der Waals surface area contributed by atoms with Crippen LogP contribution in [-0.2, 0) is 4.79 Å². The van der Waals surface area contributed by atoms with Crippen molar-refractivity contribution in [3.05, 3.63) is 0 Å². The predicted octanol–water partition coefficient (Wildman–Crippen LogP) is 0.605. The van der Waals surface area contributed by atoms with Gasteiger partial charge in [0.05, 0.1) is 6.04 Å². The Morgan fingerprint density at radius 1 is 1.38 bits per heavy atom. The van der Waals surface area contributed by atoms with Gasteiger partial charge < -0.3 is 10.2 Å². The number of amides is 1. The Bertz CT molecular complexity index is 217. The van der Waals surface area contributed by atoms with Gasteiger partial charge in [0.1, 0.15) is 0 Å². The molecular weight excluding hydrogens is 164 g/mol. The average molecular weight is 182 g/mol. The van der Waals surface area contributed by atoms with Crippen LogP contribution >= 0.6 is 0 Å². The first-order valence-electron chi connectivity index (χ1n) is 5.21. The van der Waals surface area contributed by atoms with Gasteiger partial charge in [-0.1, -0.05) is 6.92 Å². The summed E-state index contributed by atoms with van der Waals surface area (Å²) in [6.45, 7) is 3.20. The van der Waals surface area contributed by atoms with Crippen LogP contribution in [0.2, 0.25) is 0 Å². The van der Waals surface area contributed by atoms with E-state index in [4.69, 9.17) is 0 Å². The first kappa shape index (κ1) is 9.00. The van der Waals surface area contributed by atoms with E-state index in [-0.39, 0.29) is 6.04 Å². The lowest BCUT2D eigenvalue weighted by Crippen LogP contribution is -2.49. The maximum Gasteiger partial charge on any atom is 0.240 e. The number of hydrogen-bond donors (Lipinski definition) is 1. The molecule has 2 aliphatic rings. The van der Waals surface area contributed by atoms with E-state index in [1.807, 2.05) is 7.05 Å². The van der Waals surface area contributed by atoms with Crippen molar-refractivity contribution in [2.24, 2.45) is 5.92 Å². The van der Waals surface area contributed by atoms with Gasteiger partial charge in [0.25, 0.3) is 0 Å². The van der Waals surface area contributed by atoms with Crippen molar-refractivity contribution in [2.75, 3.05) is 13.6 Å². The molecule has 1 saturated carbocycles. The van der Waals surface area contributed by atoms with Crippen molar-refractivity contribution < 1.29 is 4.79 Å². The van der Waals surface area contributed by atoms with Crippen LogP contribution in [0.4, 0.5) is 0 Å². The number of rotatable bonds is 2. The Morgan fingerprint density at radius 3 is 2.54 bits per heavy atom. The molecule has 3 atom stereocenters. The summed E-state index contributed by atoms with van der Waals surface area (Å²) in [4.78, 5) is 13.9. The molecule has 1 amide bonds. The van der Waals surface area contributed by atoms with Crippen LogP contribution in [0.3, 0.4) is 0 Å². The van der Waals surface area contributed by atoms with Gasteiger partial charge in [-0.05, 0) is 32.2 Å². The molecule has 1 heterocycles. The third kappa shape index (κ3) is 1.35. The van der Waals surface area contributed by atoms with Crippen molar-refractivity contribution in [1.29, 1.82) is 0 Å². The van der Waals surface area contributed by atoms with Crippen LogP contribution in [0.1, 0.15) is 26.2 Å². The fraction of sp³-hybridized carbons (Fsp3) is 0.900. The molecule has 13 heavy (non-hydrogen) atoms. The molecule has 3 heteroatoms. The third-order valence-electron chi connectivity index (χ3n) is 3.56. The van der Waals surface area contributed by atoms with E-state index in [0.717, 1.165) is 18.9 Å². The van der Waals surface area contributed by atoms with Crippen molar-refractivity contribution in [3.8, 4) is 0 Å². The number of carbonyl (C=O) groups excluding carboxylic acids is 1. The molecule has 0 radical (unpaired) electrons. The Kier molecular flexibility index (Phi) is 2.28. The summed E-state index contributed by atoms with van der Waals surface area (Å²) in [5.74, 6) is 1.04.